The average Bonchev–Trinajstić information content (AvgIpc) is 1.69. The lowest BCUT2D eigenvalue weighted by atomic mass is 10.7. The van der Waals surface area contributed by atoms with E-state index in [2.05, 4.69) is 11.9 Å². The fourth-order valence-corrected chi connectivity index (χ4v) is 0. The molecule has 0 aromatic carbocycles. The van der Waals surface area contributed by atoms with Gasteiger partial charge in [0.1, 0.15) is 0 Å². The standard InChI is InChI=1S/C3H3FO.C2H7N/c1-3(4)2-5;1-3-2/h2H,1H2;3H,1-2H3. The summed E-state index contributed by atoms with van der Waals surface area (Å²) in [6.07, 6.45) is 0.0556. The second-order valence-corrected chi connectivity index (χ2v) is 1.06. The van der Waals surface area contributed by atoms with Gasteiger partial charge in [-0.25, -0.2) is 4.39 Å². The quantitative estimate of drug-likeness (QED) is 0.402. The van der Waals surface area contributed by atoms with Crippen molar-refractivity contribution in [3.63, 3.8) is 0 Å². The number of halogens is 1. The van der Waals surface area contributed by atoms with Gasteiger partial charge in [-0.1, -0.05) is 6.58 Å². The van der Waals surface area contributed by atoms with Crippen molar-refractivity contribution < 1.29 is 9.18 Å². The van der Waals surface area contributed by atoms with Gasteiger partial charge in [-0.15, -0.1) is 0 Å². The molecule has 0 amide bonds. The van der Waals surface area contributed by atoms with Crippen molar-refractivity contribution in [2.45, 2.75) is 0 Å². The monoisotopic (exact) mass is 119 g/mol. The maximum absolute atomic E-state index is 10.9. The first-order chi connectivity index (χ1) is 3.68. The van der Waals surface area contributed by atoms with Crippen molar-refractivity contribution in [3.8, 4) is 0 Å². The van der Waals surface area contributed by atoms with Crippen LogP contribution in [0.25, 0.3) is 0 Å². The molecule has 8 heavy (non-hydrogen) atoms. The highest BCUT2D eigenvalue weighted by molar-refractivity contribution is 5.68. The maximum Gasteiger partial charge on any atom is 0.177 e. The van der Waals surface area contributed by atoms with Gasteiger partial charge in [0.2, 0.25) is 0 Å². The second kappa shape index (κ2) is 9.57. The summed E-state index contributed by atoms with van der Waals surface area (Å²) in [5, 5.41) is 2.75. The molecule has 48 valence electrons. The van der Waals surface area contributed by atoms with Crippen LogP contribution in [-0.2, 0) is 4.79 Å². The molecule has 0 radical (unpaired) electrons. The predicted octanol–water partition coefficient (Wildman–Crippen LogP) is 0.504. The minimum Gasteiger partial charge on any atom is -0.323 e. The molecule has 0 saturated carbocycles. The highest BCUT2D eigenvalue weighted by Crippen LogP contribution is 1.77. The van der Waals surface area contributed by atoms with Gasteiger partial charge in [-0.2, -0.15) is 0 Å². The smallest absolute Gasteiger partial charge is 0.177 e. The number of rotatable bonds is 1. The molecule has 0 aliphatic carbocycles. The van der Waals surface area contributed by atoms with Crippen molar-refractivity contribution in [1.29, 1.82) is 0 Å². The highest BCUT2D eigenvalue weighted by atomic mass is 19.1. The molecule has 0 rings (SSSR count). The third-order valence-corrected chi connectivity index (χ3v) is 0.128. The lowest BCUT2D eigenvalue weighted by Gasteiger charge is -1.60. The van der Waals surface area contributed by atoms with Crippen LogP contribution in [0.15, 0.2) is 12.4 Å². The lowest BCUT2D eigenvalue weighted by molar-refractivity contribution is -0.106. The molecule has 0 atom stereocenters. The van der Waals surface area contributed by atoms with Gasteiger partial charge in [0.25, 0.3) is 0 Å². The van der Waals surface area contributed by atoms with Crippen molar-refractivity contribution in [2.24, 2.45) is 0 Å². The molecule has 0 unspecified atom stereocenters. The van der Waals surface area contributed by atoms with Crippen molar-refractivity contribution in [1.82, 2.24) is 5.32 Å². The molecule has 0 saturated heterocycles. The summed E-state index contributed by atoms with van der Waals surface area (Å²) >= 11 is 0. The Kier molecular flexibility index (Phi) is 12.3. The first kappa shape index (κ1) is 10.3. The zero-order valence-electron chi connectivity index (χ0n) is 5.07. The molecule has 0 aromatic heterocycles. The van der Waals surface area contributed by atoms with Crippen molar-refractivity contribution >= 4 is 6.29 Å². The average molecular weight is 119 g/mol. The van der Waals surface area contributed by atoms with Gasteiger partial charge in [0, 0.05) is 0 Å². The molecule has 0 aromatic rings. The molecule has 0 aliphatic rings. The Bertz CT molecular complexity index is 72.8. The van der Waals surface area contributed by atoms with E-state index in [1.54, 1.807) is 0 Å². The zero-order chi connectivity index (χ0) is 6.99. The normalized spacial score (nSPS) is 6.38. The molecule has 0 fully saturated rings. The van der Waals surface area contributed by atoms with Crippen LogP contribution >= 0.6 is 0 Å². The molecule has 0 spiro atoms. The van der Waals surface area contributed by atoms with Crippen LogP contribution < -0.4 is 5.32 Å². The number of aldehydes is 1. The first-order valence-electron chi connectivity index (χ1n) is 2.07. The number of allylic oxidation sites excluding steroid dienone is 1. The van der Waals surface area contributed by atoms with Crippen LogP contribution in [0.5, 0.6) is 0 Å². The topological polar surface area (TPSA) is 29.1 Å². The number of hydrogen-bond acceptors (Lipinski definition) is 2. The molecule has 3 heteroatoms. The van der Waals surface area contributed by atoms with Gasteiger partial charge in [0.05, 0.1) is 0 Å². The van der Waals surface area contributed by atoms with E-state index in [-0.39, 0.29) is 6.29 Å². The predicted molar refractivity (Wildman–Crippen MR) is 31.3 cm³/mol. The van der Waals surface area contributed by atoms with Gasteiger partial charge in [0.15, 0.2) is 12.1 Å². The molecular weight excluding hydrogens is 109 g/mol. The summed E-state index contributed by atoms with van der Waals surface area (Å²) in [4.78, 5) is 9.03. The van der Waals surface area contributed by atoms with Crippen LogP contribution in [-0.4, -0.2) is 20.4 Å². The van der Waals surface area contributed by atoms with Crippen LogP contribution in [0.4, 0.5) is 4.39 Å². The minimum atomic E-state index is -0.926. The van der Waals surface area contributed by atoms with Crippen molar-refractivity contribution in [2.75, 3.05) is 14.1 Å². The Labute approximate surface area is 48.4 Å². The number of nitrogens with one attached hydrogen (secondary N) is 1. The van der Waals surface area contributed by atoms with E-state index >= 15 is 0 Å². The van der Waals surface area contributed by atoms with Gasteiger partial charge < -0.3 is 5.32 Å². The summed E-state index contributed by atoms with van der Waals surface area (Å²) in [6.45, 7) is 2.64. The Balaban J connectivity index is 0. The fourth-order valence-electron chi connectivity index (χ4n) is 0. The van der Waals surface area contributed by atoms with E-state index in [0.29, 0.717) is 0 Å². The molecule has 0 heterocycles. The van der Waals surface area contributed by atoms with Crippen LogP contribution in [0, 0.1) is 0 Å². The Morgan fingerprint density at radius 1 is 1.75 bits per heavy atom. The molecule has 0 bridgehead atoms. The SMILES string of the molecule is C=C(F)C=O.CNC. The maximum atomic E-state index is 10.9. The largest absolute Gasteiger partial charge is 0.323 e. The fraction of sp³-hybridized carbons (Fsp3) is 0.400. The van der Waals surface area contributed by atoms with Crippen LogP contribution in [0.2, 0.25) is 0 Å². The van der Waals surface area contributed by atoms with Crippen molar-refractivity contribution in [3.05, 3.63) is 12.4 Å². The number of carbonyl (C=O) groups is 1. The summed E-state index contributed by atoms with van der Waals surface area (Å²) in [7, 11) is 3.75. The Morgan fingerprint density at radius 3 is 1.88 bits per heavy atom. The molecule has 2 nitrogen and oxygen atoms in total. The Morgan fingerprint density at radius 2 is 1.88 bits per heavy atom. The Hall–Kier alpha value is -0.700. The van der Waals surface area contributed by atoms with E-state index in [1.807, 2.05) is 14.1 Å². The van der Waals surface area contributed by atoms with E-state index in [1.165, 1.54) is 0 Å². The number of hydrogen-bond donors (Lipinski definition) is 1. The van der Waals surface area contributed by atoms with Gasteiger partial charge >= 0.3 is 0 Å². The molecule has 1 N–H and O–H groups in total. The van der Waals surface area contributed by atoms with E-state index in [9.17, 15) is 4.39 Å². The van der Waals surface area contributed by atoms with E-state index in [4.69, 9.17) is 4.79 Å². The molecule has 0 aliphatic heterocycles. The van der Waals surface area contributed by atoms with Crippen LogP contribution in [0.1, 0.15) is 0 Å². The van der Waals surface area contributed by atoms with E-state index in [0.717, 1.165) is 0 Å². The van der Waals surface area contributed by atoms with Gasteiger partial charge in [-0.3, -0.25) is 4.79 Å². The third-order valence-electron chi connectivity index (χ3n) is 0.128. The third kappa shape index (κ3) is 58.0. The van der Waals surface area contributed by atoms with Gasteiger partial charge in [-0.05, 0) is 14.1 Å². The highest BCUT2D eigenvalue weighted by Gasteiger charge is 1.73. The number of carbonyl (C=O) groups excluding carboxylic acids is 1. The summed E-state index contributed by atoms with van der Waals surface area (Å²) < 4.78 is 10.9. The molecular formula is C5H10FNO. The summed E-state index contributed by atoms with van der Waals surface area (Å²) in [5.74, 6) is -0.926. The zero-order valence-corrected chi connectivity index (χ0v) is 5.07. The second-order valence-electron chi connectivity index (χ2n) is 1.06. The lowest BCUT2D eigenvalue weighted by Crippen LogP contribution is -1.89. The minimum absolute atomic E-state index is 0.0556. The summed E-state index contributed by atoms with van der Waals surface area (Å²) in [6, 6.07) is 0. The summed E-state index contributed by atoms with van der Waals surface area (Å²) in [5.41, 5.74) is 0. The van der Waals surface area contributed by atoms with E-state index < -0.39 is 5.83 Å². The first-order valence-corrected chi connectivity index (χ1v) is 2.07. The van der Waals surface area contributed by atoms with Crippen LogP contribution in [0.3, 0.4) is 0 Å².